The van der Waals surface area contributed by atoms with Gasteiger partial charge in [0.25, 0.3) is 5.91 Å². The van der Waals surface area contributed by atoms with Crippen molar-refractivity contribution in [3.63, 3.8) is 0 Å². The first-order valence-corrected chi connectivity index (χ1v) is 8.75. The molecule has 1 aromatic rings. The number of amides is 1. The predicted molar refractivity (Wildman–Crippen MR) is 82.8 cm³/mol. The van der Waals surface area contributed by atoms with Gasteiger partial charge in [0.2, 0.25) is 10.0 Å². The van der Waals surface area contributed by atoms with E-state index in [2.05, 4.69) is 20.3 Å². The fourth-order valence-corrected chi connectivity index (χ4v) is 2.07. The van der Waals surface area contributed by atoms with Crippen molar-refractivity contribution in [3.8, 4) is 0 Å². The molecular weight excluding hydrogens is 292 g/mol. The van der Waals surface area contributed by atoms with Gasteiger partial charge >= 0.3 is 0 Å². The van der Waals surface area contributed by atoms with Crippen LogP contribution in [0.3, 0.4) is 0 Å². The fraction of sp³-hybridized carbons (Fsp3) is 0.538. The summed E-state index contributed by atoms with van der Waals surface area (Å²) in [7, 11) is -3.17. The van der Waals surface area contributed by atoms with Crippen molar-refractivity contribution in [2.45, 2.75) is 19.8 Å². The van der Waals surface area contributed by atoms with E-state index in [0.29, 0.717) is 31.0 Å². The summed E-state index contributed by atoms with van der Waals surface area (Å²) in [5, 5.41) is 5.82. The molecule has 1 aromatic heterocycles. The minimum Gasteiger partial charge on any atom is -0.370 e. The molecule has 21 heavy (non-hydrogen) atoms. The summed E-state index contributed by atoms with van der Waals surface area (Å²) >= 11 is 0. The monoisotopic (exact) mass is 314 g/mol. The third kappa shape index (κ3) is 7.62. The maximum Gasteiger partial charge on any atom is 0.269 e. The lowest BCUT2D eigenvalue weighted by Gasteiger charge is -2.07. The summed E-state index contributed by atoms with van der Waals surface area (Å²) in [4.78, 5) is 16.1. The number of aromatic nitrogens is 1. The van der Waals surface area contributed by atoms with Gasteiger partial charge in [0.05, 0.1) is 6.26 Å². The smallest absolute Gasteiger partial charge is 0.269 e. The third-order valence-corrected chi connectivity index (χ3v) is 3.27. The Balaban J connectivity index is 2.38. The van der Waals surface area contributed by atoms with Gasteiger partial charge in [-0.3, -0.25) is 4.79 Å². The molecule has 1 amide bonds. The Morgan fingerprint density at radius 3 is 2.67 bits per heavy atom. The number of hydrogen-bond donors (Lipinski definition) is 3. The van der Waals surface area contributed by atoms with Crippen molar-refractivity contribution in [3.05, 3.63) is 23.9 Å². The average molecular weight is 314 g/mol. The Bertz CT molecular complexity index is 560. The van der Waals surface area contributed by atoms with Crippen molar-refractivity contribution in [1.29, 1.82) is 0 Å². The molecule has 1 heterocycles. The number of nitrogens with one attached hydrogen (secondary N) is 3. The van der Waals surface area contributed by atoms with E-state index in [9.17, 15) is 13.2 Å². The van der Waals surface area contributed by atoms with Gasteiger partial charge in [-0.2, -0.15) is 0 Å². The maximum atomic E-state index is 11.9. The fourth-order valence-electron chi connectivity index (χ4n) is 1.55. The zero-order valence-electron chi connectivity index (χ0n) is 12.3. The molecule has 0 unspecified atom stereocenters. The van der Waals surface area contributed by atoms with E-state index in [1.54, 1.807) is 12.1 Å². The molecule has 3 N–H and O–H groups in total. The van der Waals surface area contributed by atoms with Crippen LogP contribution >= 0.6 is 0 Å². The molecule has 0 aliphatic carbocycles. The molecule has 0 atom stereocenters. The van der Waals surface area contributed by atoms with Gasteiger partial charge in [0, 0.05) is 19.6 Å². The van der Waals surface area contributed by atoms with E-state index in [4.69, 9.17) is 0 Å². The number of carbonyl (C=O) groups excluding carboxylic acids is 1. The summed E-state index contributed by atoms with van der Waals surface area (Å²) < 4.78 is 24.1. The Labute approximate surface area is 125 Å². The molecule has 0 aliphatic heterocycles. The molecule has 0 radical (unpaired) electrons. The standard InChI is InChI=1S/C13H22N4O3S/c1-3-8-14-12-7-4-6-11(17-12)13(18)15-9-5-10-16-21(2,19)20/h4,6-7,16H,3,5,8-10H2,1-2H3,(H,14,17)(H,15,18). The zero-order chi connectivity index (χ0) is 15.7. The molecule has 7 nitrogen and oxygen atoms in total. The normalized spacial score (nSPS) is 11.1. The van der Waals surface area contributed by atoms with Crippen molar-refractivity contribution >= 4 is 21.7 Å². The molecule has 0 fully saturated rings. The molecule has 118 valence electrons. The first-order chi connectivity index (χ1) is 9.92. The van der Waals surface area contributed by atoms with Gasteiger partial charge in [0.1, 0.15) is 11.5 Å². The summed E-state index contributed by atoms with van der Waals surface area (Å²) in [5.41, 5.74) is 0.340. The number of sulfonamides is 1. The zero-order valence-corrected chi connectivity index (χ0v) is 13.2. The molecule has 0 bridgehead atoms. The van der Waals surface area contributed by atoms with Gasteiger partial charge in [-0.05, 0) is 25.0 Å². The molecule has 0 spiro atoms. The minimum atomic E-state index is -3.17. The number of rotatable bonds is 9. The average Bonchev–Trinajstić information content (AvgIpc) is 2.43. The highest BCUT2D eigenvalue weighted by Gasteiger charge is 2.07. The van der Waals surface area contributed by atoms with Crippen LogP contribution in [-0.2, 0) is 10.0 Å². The highest BCUT2D eigenvalue weighted by molar-refractivity contribution is 7.88. The van der Waals surface area contributed by atoms with Crippen LogP contribution in [0.5, 0.6) is 0 Å². The van der Waals surface area contributed by atoms with Crippen LogP contribution in [0.1, 0.15) is 30.3 Å². The van der Waals surface area contributed by atoms with Crippen LogP contribution in [0.15, 0.2) is 18.2 Å². The quantitative estimate of drug-likeness (QED) is 0.579. The lowest BCUT2D eigenvalue weighted by molar-refractivity contribution is 0.0948. The second-order valence-corrected chi connectivity index (χ2v) is 6.44. The minimum absolute atomic E-state index is 0.269. The van der Waals surface area contributed by atoms with Crippen LogP contribution in [0.4, 0.5) is 5.82 Å². The topological polar surface area (TPSA) is 100 Å². The molecule has 0 aliphatic rings. The molecule has 0 saturated carbocycles. The van der Waals surface area contributed by atoms with Crippen LogP contribution in [0, 0.1) is 0 Å². The highest BCUT2D eigenvalue weighted by atomic mass is 32.2. The first kappa shape index (κ1) is 17.4. The molecule has 1 rings (SSSR count). The first-order valence-electron chi connectivity index (χ1n) is 6.86. The van der Waals surface area contributed by atoms with Gasteiger partial charge in [-0.1, -0.05) is 13.0 Å². The second-order valence-electron chi connectivity index (χ2n) is 4.61. The second kappa shape index (κ2) is 8.58. The van der Waals surface area contributed by atoms with E-state index < -0.39 is 10.0 Å². The van der Waals surface area contributed by atoms with Crippen molar-refractivity contribution < 1.29 is 13.2 Å². The highest BCUT2D eigenvalue weighted by Crippen LogP contribution is 2.04. The largest absolute Gasteiger partial charge is 0.370 e. The number of anilines is 1. The molecule has 0 saturated heterocycles. The number of hydrogen-bond acceptors (Lipinski definition) is 5. The molecule has 8 heteroatoms. The Morgan fingerprint density at radius 2 is 2.00 bits per heavy atom. The van der Waals surface area contributed by atoms with Gasteiger partial charge in [-0.25, -0.2) is 18.1 Å². The SMILES string of the molecule is CCCNc1cccc(C(=O)NCCCNS(C)(=O)=O)n1. The molecule has 0 aromatic carbocycles. The lowest BCUT2D eigenvalue weighted by atomic mass is 10.3. The van der Waals surface area contributed by atoms with Gasteiger partial charge in [-0.15, -0.1) is 0 Å². The van der Waals surface area contributed by atoms with E-state index in [-0.39, 0.29) is 5.91 Å². The van der Waals surface area contributed by atoms with Crippen molar-refractivity contribution in [2.24, 2.45) is 0 Å². The lowest BCUT2D eigenvalue weighted by Crippen LogP contribution is -2.29. The van der Waals surface area contributed by atoms with Crippen LogP contribution in [0.2, 0.25) is 0 Å². The Kier molecular flexibility index (Phi) is 7.10. The Hall–Kier alpha value is -1.67. The van der Waals surface area contributed by atoms with Crippen LogP contribution in [0.25, 0.3) is 0 Å². The van der Waals surface area contributed by atoms with Gasteiger partial charge < -0.3 is 10.6 Å². The van der Waals surface area contributed by atoms with E-state index >= 15 is 0 Å². The van der Waals surface area contributed by atoms with Crippen molar-refractivity contribution in [1.82, 2.24) is 15.0 Å². The van der Waals surface area contributed by atoms with E-state index in [1.807, 2.05) is 13.0 Å². The maximum absolute atomic E-state index is 11.9. The third-order valence-electron chi connectivity index (χ3n) is 2.54. The summed E-state index contributed by atoms with van der Waals surface area (Å²) in [5.74, 6) is 0.401. The van der Waals surface area contributed by atoms with Gasteiger partial charge in [0.15, 0.2) is 0 Å². The number of pyridine rings is 1. The summed E-state index contributed by atoms with van der Waals surface area (Å²) in [6, 6.07) is 5.22. The summed E-state index contributed by atoms with van der Waals surface area (Å²) in [6.07, 6.45) is 2.60. The van der Waals surface area contributed by atoms with Crippen LogP contribution < -0.4 is 15.4 Å². The predicted octanol–water partition coefficient (Wildman–Crippen LogP) is 0.573. The van der Waals surface area contributed by atoms with E-state index in [1.165, 1.54) is 0 Å². The summed E-state index contributed by atoms with van der Waals surface area (Å²) in [6.45, 7) is 3.53. The van der Waals surface area contributed by atoms with Crippen LogP contribution in [-0.4, -0.2) is 45.2 Å². The van der Waals surface area contributed by atoms with E-state index in [0.717, 1.165) is 19.2 Å². The number of nitrogens with zero attached hydrogens (tertiary/aromatic N) is 1. The molecular formula is C13H22N4O3S. The number of carbonyl (C=O) groups is 1. The Morgan fingerprint density at radius 1 is 1.24 bits per heavy atom. The van der Waals surface area contributed by atoms with Crippen molar-refractivity contribution in [2.75, 3.05) is 31.2 Å².